The first-order chi connectivity index (χ1) is 10.1. The van der Waals surface area contributed by atoms with Gasteiger partial charge in [0, 0.05) is 25.1 Å². The predicted molar refractivity (Wildman–Crippen MR) is 80.2 cm³/mol. The van der Waals surface area contributed by atoms with Gasteiger partial charge in [-0.25, -0.2) is 0 Å². The maximum Gasteiger partial charge on any atom is 0.303 e. The maximum atomic E-state index is 12.5. The van der Waals surface area contributed by atoms with Crippen LogP contribution in [-0.2, 0) is 4.79 Å². The number of benzene rings is 2. The van der Waals surface area contributed by atoms with Crippen molar-refractivity contribution in [2.45, 2.75) is 12.8 Å². The number of carboxylic acid groups (broad SMARTS) is 1. The van der Waals surface area contributed by atoms with Crippen LogP contribution in [0.2, 0.25) is 0 Å². The first-order valence-electron chi connectivity index (χ1n) is 7.13. The van der Waals surface area contributed by atoms with Gasteiger partial charge in [0.2, 0.25) is 0 Å². The molecule has 4 nitrogen and oxygen atoms in total. The van der Waals surface area contributed by atoms with Crippen LogP contribution in [0.15, 0.2) is 42.5 Å². The van der Waals surface area contributed by atoms with Crippen LogP contribution < -0.4 is 0 Å². The highest BCUT2D eigenvalue weighted by atomic mass is 16.4. The predicted octanol–water partition coefficient (Wildman–Crippen LogP) is 2.78. The van der Waals surface area contributed by atoms with E-state index in [9.17, 15) is 9.59 Å². The molecule has 0 aliphatic carbocycles. The largest absolute Gasteiger partial charge is 0.481 e. The third-order valence-corrected chi connectivity index (χ3v) is 4.03. The Bertz CT molecular complexity index is 695. The number of fused-ring (bicyclic) bond motifs is 1. The first kappa shape index (κ1) is 13.6. The Balaban J connectivity index is 1.76. The molecule has 2 aromatic carbocycles. The normalized spacial score (nSPS) is 18.1. The fourth-order valence-electron chi connectivity index (χ4n) is 2.94. The van der Waals surface area contributed by atoms with Crippen molar-refractivity contribution in [3.05, 3.63) is 48.0 Å². The number of nitrogens with zero attached hydrogens (tertiary/aromatic N) is 1. The Morgan fingerprint density at radius 3 is 2.67 bits per heavy atom. The SMILES string of the molecule is O=C(O)CC1CCN(C(=O)c2ccc3ccccc3c2)C1. The van der Waals surface area contributed by atoms with Crippen molar-refractivity contribution in [3.8, 4) is 0 Å². The van der Waals surface area contributed by atoms with Gasteiger partial charge in [-0.15, -0.1) is 0 Å². The zero-order chi connectivity index (χ0) is 14.8. The summed E-state index contributed by atoms with van der Waals surface area (Å²) in [7, 11) is 0. The quantitative estimate of drug-likeness (QED) is 0.942. The summed E-state index contributed by atoms with van der Waals surface area (Å²) in [6.45, 7) is 1.18. The molecule has 1 aliphatic rings. The van der Waals surface area contributed by atoms with Gasteiger partial charge in [-0.05, 0) is 35.2 Å². The second-order valence-corrected chi connectivity index (χ2v) is 5.57. The number of hydrogen-bond donors (Lipinski definition) is 1. The molecule has 2 aromatic rings. The van der Waals surface area contributed by atoms with E-state index in [-0.39, 0.29) is 18.2 Å². The average Bonchev–Trinajstić information content (AvgIpc) is 2.93. The van der Waals surface area contributed by atoms with Gasteiger partial charge in [0.05, 0.1) is 0 Å². The van der Waals surface area contributed by atoms with Crippen molar-refractivity contribution in [3.63, 3.8) is 0 Å². The molecular formula is C17H17NO3. The molecule has 1 heterocycles. The number of carbonyl (C=O) groups excluding carboxylic acids is 1. The van der Waals surface area contributed by atoms with Crippen LogP contribution in [0.1, 0.15) is 23.2 Å². The third-order valence-electron chi connectivity index (χ3n) is 4.03. The van der Waals surface area contributed by atoms with Gasteiger partial charge in [-0.2, -0.15) is 0 Å². The Morgan fingerprint density at radius 1 is 1.14 bits per heavy atom. The molecule has 0 spiro atoms. The molecular weight excluding hydrogens is 266 g/mol. The van der Waals surface area contributed by atoms with Gasteiger partial charge in [0.15, 0.2) is 0 Å². The molecule has 1 saturated heterocycles. The summed E-state index contributed by atoms with van der Waals surface area (Å²) in [5, 5.41) is 11.0. The number of aliphatic carboxylic acids is 1. The number of likely N-dealkylation sites (tertiary alicyclic amines) is 1. The lowest BCUT2D eigenvalue weighted by atomic mass is 10.1. The lowest BCUT2D eigenvalue weighted by molar-refractivity contribution is -0.138. The summed E-state index contributed by atoms with van der Waals surface area (Å²) < 4.78 is 0. The topological polar surface area (TPSA) is 57.6 Å². The van der Waals surface area contributed by atoms with Crippen molar-refractivity contribution in [1.82, 2.24) is 4.90 Å². The molecule has 3 rings (SSSR count). The highest BCUT2D eigenvalue weighted by Crippen LogP contribution is 2.23. The van der Waals surface area contributed by atoms with Crippen LogP contribution in [0.5, 0.6) is 0 Å². The fraction of sp³-hybridized carbons (Fsp3) is 0.294. The van der Waals surface area contributed by atoms with E-state index in [1.807, 2.05) is 42.5 Å². The van der Waals surface area contributed by atoms with E-state index in [0.29, 0.717) is 18.7 Å². The number of hydrogen-bond acceptors (Lipinski definition) is 2. The summed E-state index contributed by atoms with van der Waals surface area (Å²) in [5.41, 5.74) is 0.671. The molecule has 0 saturated carbocycles. The van der Waals surface area contributed by atoms with Crippen LogP contribution in [0, 0.1) is 5.92 Å². The Hall–Kier alpha value is -2.36. The minimum absolute atomic E-state index is 0.00589. The standard InChI is InChI=1S/C17H17NO3/c19-16(20)9-12-7-8-18(11-12)17(21)15-6-5-13-3-1-2-4-14(13)10-15/h1-6,10,12H,7-9,11H2,(H,19,20). The van der Waals surface area contributed by atoms with E-state index in [2.05, 4.69) is 0 Å². The van der Waals surface area contributed by atoms with E-state index in [1.165, 1.54) is 0 Å². The van der Waals surface area contributed by atoms with Crippen molar-refractivity contribution < 1.29 is 14.7 Å². The summed E-state index contributed by atoms with van der Waals surface area (Å²) in [6.07, 6.45) is 0.910. The molecule has 21 heavy (non-hydrogen) atoms. The summed E-state index contributed by atoms with van der Waals surface area (Å²) in [4.78, 5) is 25.0. The first-order valence-corrected chi connectivity index (χ1v) is 7.13. The molecule has 0 bridgehead atoms. The Labute approximate surface area is 123 Å². The van der Waals surface area contributed by atoms with Crippen LogP contribution in [0.3, 0.4) is 0 Å². The molecule has 0 aromatic heterocycles. The second-order valence-electron chi connectivity index (χ2n) is 5.57. The van der Waals surface area contributed by atoms with Crippen molar-refractivity contribution in [1.29, 1.82) is 0 Å². The fourth-order valence-corrected chi connectivity index (χ4v) is 2.94. The Kier molecular flexibility index (Phi) is 3.60. The monoisotopic (exact) mass is 283 g/mol. The van der Waals surface area contributed by atoms with Crippen LogP contribution in [-0.4, -0.2) is 35.0 Å². The maximum absolute atomic E-state index is 12.5. The molecule has 1 amide bonds. The lowest BCUT2D eigenvalue weighted by Crippen LogP contribution is -2.28. The summed E-state index contributed by atoms with van der Waals surface area (Å²) >= 11 is 0. The number of carboxylic acids is 1. The second kappa shape index (κ2) is 5.56. The van der Waals surface area contributed by atoms with Crippen LogP contribution in [0.25, 0.3) is 10.8 Å². The summed E-state index contributed by atoms with van der Waals surface area (Å²) in [5.74, 6) is -0.722. The molecule has 1 unspecified atom stereocenters. The van der Waals surface area contributed by atoms with E-state index < -0.39 is 5.97 Å². The average molecular weight is 283 g/mol. The van der Waals surface area contributed by atoms with Gasteiger partial charge in [-0.1, -0.05) is 30.3 Å². The highest BCUT2D eigenvalue weighted by molar-refractivity contribution is 5.98. The smallest absolute Gasteiger partial charge is 0.303 e. The Morgan fingerprint density at radius 2 is 1.90 bits per heavy atom. The van der Waals surface area contributed by atoms with E-state index in [0.717, 1.165) is 17.2 Å². The third kappa shape index (κ3) is 2.89. The van der Waals surface area contributed by atoms with Crippen LogP contribution >= 0.6 is 0 Å². The van der Waals surface area contributed by atoms with Gasteiger partial charge < -0.3 is 10.0 Å². The molecule has 1 atom stereocenters. The highest BCUT2D eigenvalue weighted by Gasteiger charge is 2.28. The van der Waals surface area contributed by atoms with Crippen LogP contribution in [0.4, 0.5) is 0 Å². The molecule has 1 aliphatic heterocycles. The number of rotatable bonds is 3. The van der Waals surface area contributed by atoms with E-state index in [1.54, 1.807) is 4.90 Å². The minimum atomic E-state index is -0.792. The van der Waals surface area contributed by atoms with E-state index in [4.69, 9.17) is 5.11 Å². The number of carbonyl (C=O) groups is 2. The van der Waals surface area contributed by atoms with Crippen molar-refractivity contribution >= 4 is 22.6 Å². The van der Waals surface area contributed by atoms with Gasteiger partial charge in [0.25, 0.3) is 5.91 Å². The minimum Gasteiger partial charge on any atom is -0.481 e. The number of amides is 1. The van der Waals surface area contributed by atoms with Gasteiger partial charge in [0.1, 0.15) is 0 Å². The van der Waals surface area contributed by atoms with Gasteiger partial charge >= 0.3 is 5.97 Å². The molecule has 108 valence electrons. The van der Waals surface area contributed by atoms with E-state index >= 15 is 0 Å². The summed E-state index contributed by atoms with van der Waals surface area (Å²) in [6, 6.07) is 13.6. The molecule has 0 radical (unpaired) electrons. The molecule has 4 heteroatoms. The van der Waals surface area contributed by atoms with Gasteiger partial charge in [-0.3, -0.25) is 9.59 Å². The molecule has 1 N–H and O–H groups in total. The van der Waals surface area contributed by atoms with Crippen molar-refractivity contribution in [2.24, 2.45) is 5.92 Å². The lowest BCUT2D eigenvalue weighted by Gasteiger charge is -2.16. The van der Waals surface area contributed by atoms with Crippen molar-refractivity contribution in [2.75, 3.05) is 13.1 Å². The zero-order valence-corrected chi connectivity index (χ0v) is 11.7. The zero-order valence-electron chi connectivity index (χ0n) is 11.7. The molecule has 1 fully saturated rings.